The lowest BCUT2D eigenvalue weighted by Gasteiger charge is -2.22. The van der Waals surface area contributed by atoms with Gasteiger partial charge in [-0.1, -0.05) is 37.5 Å². The molecule has 5 nitrogen and oxygen atoms in total. The Morgan fingerprint density at radius 2 is 2.00 bits per heavy atom. The zero-order valence-corrected chi connectivity index (χ0v) is 14.7. The van der Waals surface area contributed by atoms with Crippen LogP contribution in [-0.2, 0) is 20.7 Å². The average Bonchev–Trinajstić information content (AvgIpc) is 3.03. The first-order chi connectivity index (χ1) is 12.1. The fourth-order valence-electron chi connectivity index (χ4n) is 3.51. The van der Waals surface area contributed by atoms with Crippen LogP contribution < -0.4 is 5.32 Å². The molecule has 2 N–H and O–H groups in total. The van der Waals surface area contributed by atoms with Crippen molar-refractivity contribution in [3.05, 3.63) is 36.0 Å². The molecule has 0 bridgehead atoms. The highest BCUT2D eigenvalue weighted by Gasteiger charge is 2.20. The van der Waals surface area contributed by atoms with Crippen LogP contribution in [0.4, 0.5) is 0 Å². The molecule has 1 amide bonds. The first-order valence-electron chi connectivity index (χ1n) is 9.15. The third-order valence-corrected chi connectivity index (χ3v) is 4.98. The minimum atomic E-state index is -0.763. The molecule has 1 saturated carbocycles. The number of ether oxygens (including phenoxy) is 1. The lowest BCUT2D eigenvalue weighted by molar-refractivity contribution is -0.154. The van der Waals surface area contributed by atoms with Gasteiger partial charge in [-0.3, -0.25) is 9.59 Å². The highest BCUT2D eigenvalue weighted by molar-refractivity contribution is 5.88. The quantitative estimate of drug-likeness (QED) is 0.791. The van der Waals surface area contributed by atoms with Gasteiger partial charge < -0.3 is 15.0 Å². The molecular weight excluding hydrogens is 316 g/mol. The highest BCUT2D eigenvalue weighted by atomic mass is 16.5. The Morgan fingerprint density at radius 3 is 2.80 bits per heavy atom. The van der Waals surface area contributed by atoms with Crippen LogP contribution in [0.1, 0.15) is 44.6 Å². The lowest BCUT2D eigenvalue weighted by atomic mass is 9.89. The van der Waals surface area contributed by atoms with Gasteiger partial charge in [-0.05, 0) is 37.3 Å². The van der Waals surface area contributed by atoms with Gasteiger partial charge in [0.05, 0.1) is 6.42 Å². The van der Waals surface area contributed by atoms with Crippen LogP contribution in [0, 0.1) is 5.92 Å². The SMILES string of the molecule is C[C@@H](OC(=O)Cc1c[nH]c2ccccc12)C(=O)NCC1CCCCC1. The molecule has 0 spiro atoms. The number of nitrogens with one attached hydrogen (secondary N) is 2. The summed E-state index contributed by atoms with van der Waals surface area (Å²) < 4.78 is 5.31. The van der Waals surface area contributed by atoms with Crippen molar-refractivity contribution in [1.82, 2.24) is 10.3 Å². The fraction of sp³-hybridized carbons (Fsp3) is 0.500. The molecule has 0 aliphatic heterocycles. The van der Waals surface area contributed by atoms with E-state index >= 15 is 0 Å². The van der Waals surface area contributed by atoms with Crippen LogP contribution in [-0.4, -0.2) is 29.5 Å². The summed E-state index contributed by atoms with van der Waals surface area (Å²) in [6.45, 7) is 2.31. The number of amides is 1. The maximum atomic E-state index is 12.2. The number of hydrogen-bond acceptors (Lipinski definition) is 3. The zero-order chi connectivity index (χ0) is 17.6. The maximum Gasteiger partial charge on any atom is 0.311 e. The number of rotatable bonds is 6. The summed E-state index contributed by atoms with van der Waals surface area (Å²) in [6.07, 6.45) is 7.35. The summed E-state index contributed by atoms with van der Waals surface area (Å²) in [4.78, 5) is 27.4. The van der Waals surface area contributed by atoms with Gasteiger partial charge in [0.2, 0.25) is 0 Å². The van der Waals surface area contributed by atoms with Crippen LogP contribution in [0.25, 0.3) is 10.9 Å². The summed E-state index contributed by atoms with van der Waals surface area (Å²) >= 11 is 0. The molecule has 1 atom stereocenters. The molecule has 1 aromatic heterocycles. The van der Waals surface area contributed by atoms with Crippen LogP contribution >= 0.6 is 0 Å². The van der Waals surface area contributed by atoms with Gasteiger partial charge in [0.15, 0.2) is 6.10 Å². The van der Waals surface area contributed by atoms with Gasteiger partial charge in [-0.2, -0.15) is 0 Å². The molecule has 3 rings (SSSR count). The van der Waals surface area contributed by atoms with Crippen molar-refractivity contribution in [2.75, 3.05) is 6.54 Å². The van der Waals surface area contributed by atoms with Crippen molar-refractivity contribution >= 4 is 22.8 Å². The summed E-state index contributed by atoms with van der Waals surface area (Å²) in [5.74, 6) is -0.0326. The number of aromatic nitrogens is 1. The number of carbonyl (C=O) groups excluding carboxylic acids is 2. The summed E-state index contributed by atoms with van der Waals surface area (Å²) in [7, 11) is 0. The Kier molecular flexibility index (Phi) is 5.74. The summed E-state index contributed by atoms with van der Waals surface area (Å²) in [5, 5.41) is 3.93. The van der Waals surface area contributed by atoms with E-state index in [1.807, 2.05) is 30.5 Å². The maximum absolute atomic E-state index is 12.2. The second-order valence-corrected chi connectivity index (χ2v) is 6.92. The molecule has 1 heterocycles. The van der Waals surface area contributed by atoms with E-state index in [9.17, 15) is 9.59 Å². The van der Waals surface area contributed by atoms with E-state index in [-0.39, 0.29) is 18.3 Å². The Bertz CT molecular complexity index is 731. The second-order valence-electron chi connectivity index (χ2n) is 6.92. The van der Waals surface area contributed by atoms with Gasteiger partial charge in [0.1, 0.15) is 0 Å². The number of benzene rings is 1. The monoisotopic (exact) mass is 342 g/mol. The molecule has 1 aliphatic carbocycles. The molecule has 5 heteroatoms. The van der Waals surface area contributed by atoms with Gasteiger partial charge in [-0.25, -0.2) is 0 Å². The van der Waals surface area contributed by atoms with E-state index in [0.717, 1.165) is 16.5 Å². The highest BCUT2D eigenvalue weighted by Crippen LogP contribution is 2.23. The summed E-state index contributed by atoms with van der Waals surface area (Å²) in [6, 6.07) is 7.81. The molecule has 1 aliphatic rings. The van der Waals surface area contributed by atoms with Crippen LogP contribution in [0.15, 0.2) is 30.5 Å². The first-order valence-corrected chi connectivity index (χ1v) is 9.15. The largest absolute Gasteiger partial charge is 0.452 e. The smallest absolute Gasteiger partial charge is 0.311 e. The van der Waals surface area contributed by atoms with Crippen LogP contribution in [0.5, 0.6) is 0 Å². The number of hydrogen-bond donors (Lipinski definition) is 2. The molecule has 134 valence electrons. The molecule has 0 radical (unpaired) electrons. The third-order valence-electron chi connectivity index (χ3n) is 4.98. The van der Waals surface area contributed by atoms with Gasteiger partial charge in [-0.15, -0.1) is 0 Å². The average molecular weight is 342 g/mol. The Labute approximate surface area is 148 Å². The van der Waals surface area contributed by atoms with E-state index in [1.54, 1.807) is 6.92 Å². The molecule has 0 unspecified atom stereocenters. The number of H-pyrrole nitrogens is 1. The number of para-hydroxylation sites is 1. The first kappa shape index (κ1) is 17.5. The normalized spacial score (nSPS) is 16.5. The minimum Gasteiger partial charge on any atom is -0.452 e. The summed E-state index contributed by atoms with van der Waals surface area (Å²) in [5.41, 5.74) is 1.87. The Morgan fingerprint density at radius 1 is 1.24 bits per heavy atom. The number of carbonyl (C=O) groups is 2. The fourth-order valence-corrected chi connectivity index (χ4v) is 3.51. The van der Waals surface area contributed by atoms with Gasteiger partial charge in [0.25, 0.3) is 5.91 Å². The lowest BCUT2D eigenvalue weighted by Crippen LogP contribution is -2.39. The van der Waals surface area contributed by atoms with Crippen LogP contribution in [0.2, 0.25) is 0 Å². The van der Waals surface area contributed by atoms with E-state index in [0.29, 0.717) is 12.5 Å². The molecule has 1 fully saturated rings. The number of fused-ring (bicyclic) bond motifs is 1. The topological polar surface area (TPSA) is 71.2 Å². The predicted octanol–water partition coefficient (Wildman–Crippen LogP) is 3.34. The van der Waals surface area contributed by atoms with E-state index < -0.39 is 6.10 Å². The standard InChI is InChI=1S/C20H26N2O3/c1-14(20(24)22-12-15-7-3-2-4-8-15)25-19(23)11-16-13-21-18-10-6-5-9-17(16)18/h5-6,9-10,13-15,21H,2-4,7-8,11-12H2,1H3,(H,22,24)/t14-/m1/s1. The number of esters is 1. The second kappa shape index (κ2) is 8.19. The molecule has 1 aromatic carbocycles. The van der Waals surface area contributed by atoms with Crippen molar-refractivity contribution in [2.45, 2.75) is 51.6 Å². The zero-order valence-electron chi connectivity index (χ0n) is 14.7. The van der Waals surface area contributed by atoms with Gasteiger partial charge >= 0.3 is 5.97 Å². The minimum absolute atomic E-state index is 0.157. The van der Waals surface area contributed by atoms with E-state index in [4.69, 9.17) is 4.74 Å². The molecule has 0 saturated heterocycles. The third kappa shape index (κ3) is 4.62. The van der Waals surface area contributed by atoms with Crippen molar-refractivity contribution < 1.29 is 14.3 Å². The van der Waals surface area contributed by atoms with Crippen LogP contribution in [0.3, 0.4) is 0 Å². The van der Waals surface area contributed by atoms with Crippen molar-refractivity contribution in [3.8, 4) is 0 Å². The van der Waals surface area contributed by atoms with E-state index in [2.05, 4.69) is 10.3 Å². The van der Waals surface area contributed by atoms with Crippen molar-refractivity contribution in [3.63, 3.8) is 0 Å². The number of aromatic amines is 1. The Hall–Kier alpha value is -2.30. The molecular formula is C20H26N2O3. The van der Waals surface area contributed by atoms with Gasteiger partial charge in [0, 0.05) is 23.6 Å². The van der Waals surface area contributed by atoms with E-state index in [1.165, 1.54) is 32.1 Å². The van der Waals surface area contributed by atoms with Crippen molar-refractivity contribution in [1.29, 1.82) is 0 Å². The Balaban J connectivity index is 1.47. The van der Waals surface area contributed by atoms with Crippen molar-refractivity contribution in [2.24, 2.45) is 5.92 Å². The molecule has 2 aromatic rings. The molecule has 25 heavy (non-hydrogen) atoms. The predicted molar refractivity (Wildman–Crippen MR) is 97.1 cm³/mol.